The van der Waals surface area contributed by atoms with E-state index in [1.807, 2.05) is 19.0 Å². The minimum atomic E-state index is -0.880. The van der Waals surface area contributed by atoms with Gasteiger partial charge in [0.15, 0.2) is 0 Å². The van der Waals surface area contributed by atoms with E-state index >= 15 is 0 Å². The maximum absolute atomic E-state index is 14.3. The average Bonchev–Trinajstić information content (AvgIpc) is 4.08. The molecule has 0 aromatic heterocycles. The number of hydrogen-bond donors (Lipinski definition) is 3. The number of amides is 6. The first kappa shape index (κ1) is 42.4. The van der Waals surface area contributed by atoms with Crippen LogP contribution >= 0.6 is 0 Å². The fraction of sp³-hybridized carbons (Fsp3) is 0.818. The molecule has 2 unspecified atom stereocenters. The van der Waals surface area contributed by atoms with Gasteiger partial charge in [-0.15, -0.1) is 0 Å². The molecule has 8 fully saturated rings. The molecule has 0 radical (unpaired) electrons. The molecule has 2 aliphatic carbocycles. The van der Waals surface area contributed by atoms with Gasteiger partial charge in [-0.05, 0) is 135 Å². The molecule has 60 heavy (non-hydrogen) atoms. The number of likely N-dealkylation sites (tertiary alicyclic amines) is 5. The molecule has 16 nitrogen and oxygen atoms in total. The van der Waals surface area contributed by atoms with Crippen molar-refractivity contribution in [3.8, 4) is 12.1 Å². The Hall–Kier alpha value is -4.28. The molecule has 6 aliphatic heterocycles. The van der Waals surface area contributed by atoms with Crippen molar-refractivity contribution in [2.24, 2.45) is 23.7 Å². The highest BCUT2D eigenvalue weighted by atomic mass is 16.2. The van der Waals surface area contributed by atoms with Crippen LogP contribution in [0.4, 0.5) is 0 Å². The Balaban J connectivity index is 0.897. The van der Waals surface area contributed by atoms with E-state index in [0.29, 0.717) is 77.0 Å². The van der Waals surface area contributed by atoms with E-state index in [2.05, 4.69) is 37.9 Å². The molecule has 6 saturated heterocycles. The van der Waals surface area contributed by atoms with Gasteiger partial charge in [0, 0.05) is 44.1 Å². The summed E-state index contributed by atoms with van der Waals surface area (Å²) in [5.74, 6) is -1.36. The third-order valence-corrected chi connectivity index (χ3v) is 15.9. The summed E-state index contributed by atoms with van der Waals surface area (Å²) in [6.07, 6.45) is 12.1. The van der Waals surface area contributed by atoms with Gasteiger partial charge in [-0.25, -0.2) is 0 Å². The van der Waals surface area contributed by atoms with Crippen molar-refractivity contribution in [1.82, 2.24) is 40.4 Å². The highest BCUT2D eigenvalue weighted by Crippen LogP contribution is 2.46. The van der Waals surface area contributed by atoms with Crippen LogP contribution in [0.5, 0.6) is 0 Å². The molecular formula is C44H64N10O6. The number of nitriles is 2. The normalized spacial score (nSPS) is 34.1. The third-order valence-electron chi connectivity index (χ3n) is 15.9. The Morgan fingerprint density at radius 2 is 1.25 bits per heavy atom. The van der Waals surface area contributed by atoms with E-state index < -0.39 is 47.1 Å². The molecule has 6 amide bonds. The second-order valence-electron chi connectivity index (χ2n) is 19.5. The molecule has 16 heteroatoms. The van der Waals surface area contributed by atoms with E-state index in [1.165, 1.54) is 0 Å². The zero-order valence-corrected chi connectivity index (χ0v) is 35.5. The Labute approximate surface area is 354 Å². The van der Waals surface area contributed by atoms with Gasteiger partial charge in [0.05, 0.1) is 12.1 Å². The minimum absolute atomic E-state index is 0.0252. The highest BCUT2D eigenvalue weighted by Gasteiger charge is 2.56. The van der Waals surface area contributed by atoms with Crippen molar-refractivity contribution in [3.05, 3.63) is 0 Å². The standard InChI is InChI=1S/C44H64N10O6/c1-50-16-5-3-11-43(50)13-19-53(41(43)59)35(21-28-7-8-28)38(56)49-33(27-46)23-30-10-18-52(40(30)58)34-24-31(34)25-36(39(57)48-32(26-45)22-29-9-15-47-37(29)55)54-20-14-44(42(54)60)12-4-6-17-51(44)2/h28-36H,3-25H2,1-2H3,(H,47,55)(H,48,57)(H,49,56)/t29-,30-,31?,32-,33-,34?,35+,36+,43-,44+/m0/s1. The van der Waals surface area contributed by atoms with Crippen molar-refractivity contribution in [1.29, 1.82) is 10.5 Å². The Morgan fingerprint density at radius 3 is 1.75 bits per heavy atom. The van der Waals surface area contributed by atoms with Crippen LogP contribution in [0.25, 0.3) is 0 Å². The van der Waals surface area contributed by atoms with Crippen molar-refractivity contribution < 1.29 is 28.8 Å². The second kappa shape index (κ2) is 17.2. The van der Waals surface area contributed by atoms with Crippen LogP contribution in [0.3, 0.4) is 0 Å². The lowest BCUT2D eigenvalue weighted by Gasteiger charge is -2.41. The van der Waals surface area contributed by atoms with Crippen LogP contribution in [-0.2, 0) is 28.8 Å². The van der Waals surface area contributed by atoms with Gasteiger partial charge in [-0.3, -0.25) is 38.6 Å². The lowest BCUT2D eigenvalue weighted by atomic mass is 9.85. The Bertz CT molecular complexity index is 1810. The molecule has 0 aromatic carbocycles. The number of carbonyl (C=O) groups is 6. The summed E-state index contributed by atoms with van der Waals surface area (Å²) < 4.78 is 0. The summed E-state index contributed by atoms with van der Waals surface area (Å²) in [7, 11) is 3.99. The monoisotopic (exact) mass is 829 g/mol. The molecule has 10 atom stereocenters. The Kier molecular flexibility index (Phi) is 12.2. The lowest BCUT2D eigenvalue weighted by Crippen LogP contribution is -2.58. The number of likely N-dealkylation sites (N-methyl/N-ethyl adjacent to an activating group) is 2. The largest absolute Gasteiger partial charge is 0.356 e. The number of hydrogen-bond acceptors (Lipinski definition) is 10. The molecule has 6 heterocycles. The van der Waals surface area contributed by atoms with Gasteiger partial charge in [0.25, 0.3) is 0 Å². The zero-order chi connectivity index (χ0) is 42.3. The van der Waals surface area contributed by atoms with Crippen molar-refractivity contribution in [2.45, 2.75) is 150 Å². The van der Waals surface area contributed by atoms with E-state index in [4.69, 9.17) is 0 Å². The topological polar surface area (TPSA) is 202 Å². The van der Waals surface area contributed by atoms with Crippen molar-refractivity contribution >= 4 is 35.4 Å². The lowest BCUT2D eigenvalue weighted by molar-refractivity contribution is -0.146. The number of nitrogens with zero attached hydrogens (tertiary/aromatic N) is 7. The first-order valence-corrected chi connectivity index (χ1v) is 22.9. The fourth-order valence-electron chi connectivity index (χ4n) is 11.8. The van der Waals surface area contributed by atoms with Gasteiger partial charge in [-0.2, -0.15) is 10.5 Å². The quantitative estimate of drug-likeness (QED) is 0.216. The van der Waals surface area contributed by atoms with E-state index in [0.717, 1.165) is 64.5 Å². The molecule has 8 rings (SSSR count). The van der Waals surface area contributed by atoms with E-state index in [9.17, 15) is 39.3 Å². The number of piperidine rings is 2. The van der Waals surface area contributed by atoms with Crippen molar-refractivity contribution in [2.75, 3.05) is 53.4 Å². The van der Waals surface area contributed by atoms with E-state index in [1.54, 1.807) is 9.80 Å². The van der Waals surface area contributed by atoms with Crippen LogP contribution in [-0.4, -0.2) is 155 Å². The highest BCUT2D eigenvalue weighted by molar-refractivity contribution is 5.95. The predicted octanol–water partition coefficient (Wildman–Crippen LogP) is 1.26. The van der Waals surface area contributed by atoms with E-state index in [-0.39, 0.29) is 60.3 Å². The number of rotatable bonds is 15. The summed E-state index contributed by atoms with van der Waals surface area (Å²) in [5, 5.41) is 28.9. The summed E-state index contributed by atoms with van der Waals surface area (Å²) >= 11 is 0. The summed E-state index contributed by atoms with van der Waals surface area (Å²) in [4.78, 5) is 92.3. The molecule has 326 valence electrons. The predicted molar refractivity (Wildman–Crippen MR) is 218 cm³/mol. The maximum atomic E-state index is 14.3. The minimum Gasteiger partial charge on any atom is -0.356 e. The molecule has 3 N–H and O–H groups in total. The van der Waals surface area contributed by atoms with Crippen LogP contribution in [0.2, 0.25) is 0 Å². The number of carbonyl (C=O) groups excluding carboxylic acids is 6. The third kappa shape index (κ3) is 8.11. The van der Waals surface area contributed by atoms with Crippen LogP contribution in [0.1, 0.15) is 109 Å². The van der Waals surface area contributed by atoms with Gasteiger partial charge < -0.3 is 30.7 Å². The molecule has 2 spiro atoms. The molecule has 2 saturated carbocycles. The van der Waals surface area contributed by atoms with Gasteiger partial charge >= 0.3 is 0 Å². The number of nitrogens with one attached hydrogen (secondary N) is 3. The van der Waals surface area contributed by atoms with Gasteiger partial charge in [0.1, 0.15) is 35.2 Å². The summed E-state index contributed by atoms with van der Waals surface area (Å²) in [6.45, 7) is 3.68. The average molecular weight is 829 g/mol. The SMILES string of the molecule is CN1CCCC[C@@]12CCN([C@H](CC1CC1)C(=O)N[C@H](C#N)C[C@@H]1CCN(C3CC3C[C@H](C(=O)N[C@H](C#N)C[C@@H]3CCNC3=O)N3CC[C@]4(CCCCN4C)C3=O)C1=O)C2=O. The van der Waals surface area contributed by atoms with Gasteiger partial charge in [0.2, 0.25) is 35.4 Å². The zero-order valence-electron chi connectivity index (χ0n) is 35.5. The maximum Gasteiger partial charge on any atom is 0.243 e. The fourth-order valence-corrected chi connectivity index (χ4v) is 11.8. The van der Waals surface area contributed by atoms with Crippen LogP contribution < -0.4 is 16.0 Å². The van der Waals surface area contributed by atoms with Crippen LogP contribution in [0.15, 0.2) is 0 Å². The molecule has 0 aromatic rings. The first-order valence-electron chi connectivity index (χ1n) is 22.9. The molecule has 0 bridgehead atoms. The summed E-state index contributed by atoms with van der Waals surface area (Å²) in [6, 6.07) is 1.09. The van der Waals surface area contributed by atoms with Gasteiger partial charge in [-0.1, -0.05) is 12.8 Å². The smallest absolute Gasteiger partial charge is 0.243 e. The second-order valence-corrected chi connectivity index (χ2v) is 19.5. The van der Waals surface area contributed by atoms with Crippen LogP contribution in [0, 0.1) is 46.3 Å². The molecular weight excluding hydrogens is 765 g/mol. The Morgan fingerprint density at radius 1 is 0.700 bits per heavy atom. The van der Waals surface area contributed by atoms with Crippen molar-refractivity contribution in [3.63, 3.8) is 0 Å². The summed E-state index contributed by atoms with van der Waals surface area (Å²) in [5.41, 5.74) is -1.19. The first-order chi connectivity index (χ1) is 28.9. The molecule has 8 aliphatic rings.